The predicted molar refractivity (Wildman–Crippen MR) is 85.4 cm³/mol. The second-order valence-electron chi connectivity index (χ2n) is 4.93. The Labute approximate surface area is 130 Å². The van der Waals surface area contributed by atoms with Crippen molar-refractivity contribution in [2.75, 3.05) is 0 Å². The second-order valence-corrected chi connectivity index (χ2v) is 5.78. The molecule has 3 nitrogen and oxygen atoms in total. The van der Waals surface area contributed by atoms with E-state index in [1.165, 1.54) is 12.1 Å². The quantitative estimate of drug-likeness (QED) is 0.778. The van der Waals surface area contributed by atoms with E-state index in [0.717, 1.165) is 26.6 Å². The normalized spacial score (nSPS) is 11.2. The average Bonchev–Trinajstić information content (AvgIpc) is 2.80. The molecule has 0 spiro atoms. The van der Waals surface area contributed by atoms with Crippen molar-refractivity contribution in [3.05, 3.63) is 64.0 Å². The van der Waals surface area contributed by atoms with Gasteiger partial charge in [-0.3, -0.25) is 4.68 Å². The number of fused-ring (bicyclic) bond motifs is 1. The van der Waals surface area contributed by atoms with Gasteiger partial charge in [-0.25, -0.2) is 4.39 Å². The SMILES string of the molecule is Cn1nc(CNCc2cc(F)ccc2Br)c2ccccc21. The fourth-order valence-corrected chi connectivity index (χ4v) is 2.80. The van der Waals surface area contributed by atoms with Crippen LogP contribution in [0, 0.1) is 5.82 Å². The van der Waals surface area contributed by atoms with Crippen LogP contribution >= 0.6 is 15.9 Å². The molecule has 0 saturated carbocycles. The maximum atomic E-state index is 13.2. The van der Waals surface area contributed by atoms with Crippen molar-refractivity contribution in [1.82, 2.24) is 15.1 Å². The molecule has 0 fully saturated rings. The van der Waals surface area contributed by atoms with Crippen LogP contribution in [-0.4, -0.2) is 9.78 Å². The van der Waals surface area contributed by atoms with E-state index in [0.29, 0.717) is 13.1 Å². The number of nitrogens with zero attached hydrogens (tertiary/aromatic N) is 2. The number of nitrogens with one attached hydrogen (secondary N) is 1. The first-order chi connectivity index (χ1) is 10.1. The molecule has 3 rings (SSSR count). The van der Waals surface area contributed by atoms with Gasteiger partial charge in [-0.05, 0) is 29.8 Å². The van der Waals surface area contributed by atoms with Gasteiger partial charge in [-0.2, -0.15) is 5.10 Å². The smallest absolute Gasteiger partial charge is 0.123 e. The van der Waals surface area contributed by atoms with Crippen LogP contribution in [0.2, 0.25) is 0 Å². The van der Waals surface area contributed by atoms with Gasteiger partial charge in [0.1, 0.15) is 5.82 Å². The topological polar surface area (TPSA) is 29.9 Å². The van der Waals surface area contributed by atoms with Crippen LogP contribution in [-0.2, 0) is 20.1 Å². The van der Waals surface area contributed by atoms with Crippen molar-refractivity contribution in [3.8, 4) is 0 Å². The zero-order valence-electron chi connectivity index (χ0n) is 11.6. The van der Waals surface area contributed by atoms with E-state index < -0.39 is 0 Å². The Hall–Kier alpha value is -1.72. The minimum absolute atomic E-state index is 0.224. The highest BCUT2D eigenvalue weighted by Gasteiger charge is 2.08. The van der Waals surface area contributed by atoms with Crippen LogP contribution in [0.5, 0.6) is 0 Å². The molecule has 0 aliphatic rings. The van der Waals surface area contributed by atoms with E-state index in [1.54, 1.807) is 6.07 Å². The highest BCUT2D eigenvalue weighted by atomic mass is 79.9. The molecule has 0 bridgehead atoms. The summed E-state index contributed by atoms with van der Waals surface area (Å²) in [6.07, 6.45) is 0. The number of benzene rings is 2. The van der Waals surface area contributed by atoms with Crippen LogP contribution in [0.25, 0.3) is 10.9 Å². The number of rotatable bonds is 4. The lowest BCUT2D eigenvalue weighted by Gasteiger charge is -2.06. The molecule has 0 radical (unpaired) electrons. The fraction of sp³-hybridized carbons (Fsp3) is 0.188. The number of para-hydroxylation sites is 1. The van der Waals surface area contributed by atoms with Crippen molar-refractivity contribution in [3.63, 3.8) is 0 Å². The van der Waals surface area contributed by atoms with Crippen molar-refractivity contribution in [1.29, 1.82) is 0 Å². The summed E-state index contributed by atoms with van der Waals surface area (Å²) in [6, 6.07) is 12.8. The summed E-state index contributed by atoms with van der Waals surface area (Å²) >= 11 is 3.43. The summed E-state index contributed by atoms with van der Waals surface area (Å²) in [4.78, 5) is 0. The summed E-state index contributed by atoms with van der Waals surface area (Å²) in [5, 5.41) is 8.99. The summed E-state index contributed by atoms with van der Waals surface area (Å²) in [6.45, 7) is 1.23. The van der Waals surface area contributed by atoms with E-state index in [4.69, 9.17) is 0 Å². The first kappa shape index (κ1) is 14.2. The van der Waals surface area contributed by atoms with E-state index in [9.17, 15) is 4.39 Å². The molecule has 0 unspecified atom stereocenters. The average molecular weight is 348 g/mol. The van der Waals surface area contributed by atoms with Gasteiger partial charge in [0, 0.05) is 30.0 Å². The zero-order valence-corrected chi connectivity index (χ0v) is 13.2. The first-order valence-corrected chi connectivity index (χ1v) is 7.49. The third-order valence-corrected chi connectivity index (χ3v) is 4.22. The molecule has 3 aromatic rings. The standard InChI is InChI=1S/C16H15BrFN3/c1-21-16-5-3-2-4-13(16)15(20-21)10-19-9-11-8-12(18)6-7-14(11)17/h2-8,19H,9-10H2,1H3. The number of halogens is 2. The molecule has 0 atom stereocenters. The van der Waals surface area contributed by atoms with Crippen LogP contribution in [0.15, 0.2) is 46.9 Å². The van der Waals surface area contributed by atoms with Crippen LogP contribution < -0.4 is 5.32 Å². The Bertz CT molecular complexity index is 782. The van der Waals surface area contributed by atoms with Crippen molar-refractivity contribution in [2.24, 2.45) is 7.05 Å². The molecule has 1 heterocycles. The molecule has 0 aliphatic heterocycles. The van der Waals surface area contributed by atoms with E-state index >= 15 is 0 Å². The highest BCUT2D eigenvalue weighted by Crippen LogP contribution is 2.19. The van der Waals surface area contributed by atoms with Gasteiger partial charge in [0.25, 0.3) is 0 Å². The minimum atomic E-state index is -0.224. The molecule has 2 aromatic carbocycles. The summed E-state index contributed by atoms with van der Waals surface area (Å²) in [7, 11) is 1.94. The fourth-order valence-electron chi connectivity index (χ4n) is 2.41. The van der Waals surface area contributed by atoms with Gasteiger partial charge in [-0.1, -0.05) is 34.1 Å². The highest BCUT2D eigenvalue weighted by molar-refractivity contribution is 9.10. The lowest BCUT2D eigenvalue weighted by Crippen LogP contribution is -2.14. The summed E-state index contributed by atoms with van der Waals surface area (Å²) in [5.41, 5.74) is 3.01. The molecule has 5 heteroatoms. The van der Waals surface area contributed by atoms with Gasteiger partial charge >= 0.3 is 0 Å². The Balaban J connectivity index is 1.74. The molecule has 1 aromatic heterocycles. The Morgan fingerprint density at radius 3 is 2.86 bits per heavy atom. The van der Waals surface area contributed by atoms with Gasteiger partial charge in [0.2, 0.25) is 0 Å². The number of hydrogen-bond acceptors (Lipinski definition) is 2. The van der Waals surface area contributed by atoms with Crippen LogP contribution in [0.1, 0.15) is 11.3 Å². The molecular weight excluding hydrogens is 333 g/mol. The van der Waals surface area contributed by atoms with Gasteiger partial charge in [0.05, 0.1) is 11.2 Å². The van der Waals surface area contributed by atoms with E-state index in [-0.39, 0.29) is 5.82 Å². The first-order valence-electron chi connectivity index (χ1n) is 6.70. The number of aryl methyl sites for hydroxylation is 1. The van der Waals surface area contributed by atoms with Crippen molar-refractivity contribution < 1.29 is 4.39 Å². The van der Waals surface area contributed by atoms with Crippen LogP contribution in [0.4, 0.5) is 4.39 Å². The summed E-state index contributed by atoms with van der Waals surface area (Å²) in [5.74, 6) is -0.224. The Morgan fingerprint density at radius 2 is 2.00 bits per heavy atom. The maximum Gasteiger partial charge on any atom is 0.123 e. The van der Waals surface area contributed by atoms with Gasteiger partial charge in [0.15, 0.2) is 0 Å². The molecule has 0 saturated heterocycles. The molecule has 0 aliphatic carbocycles. The van der Waals surface area contributed by atoms with Crippen molar-refractivity contribution >= 4 is 26.8 Å². The molecule has 0 amide bonds. The molecule has 108 valence electrons. The summed E-state index contributed by atoms with van der Waals surface area (Å²) < 4.78 is 16.0. The number of aromatic nitrogens is 2. The van der Waals surface area contributed by atoms with E-state index in [2.05, 4.69) is 38.5 Å². The maximum absolute atomic E-state index is 13.2. The lowest BCUT2D eigenvalue weighted by molar-refractivity contribution is 0.617. The largest absolute Gasteiger partial charge is 0.307 e. The number of hydrogen-bond donors (Lipinski definition) is 1. The third-order valence-electron chi connectivity index (χ3n) is 3.45. The second kappa shape index (κ2) is 5.95. The molecule has 1 N–H and O–H groups in total. The lowest BCUT2D eigenvalue weighted by atomic mass is 10.2. The van der Waals surface area contributed by atoms with Gasteiger partial charge < -0.3 is 5.32 Å². The Kier molecular flexibility index (Phi) is 4.03. The zero-order chi connectivity index (χ0) is 14.8. The van der Waals surface area contributed by atoms with Crippen molar-refractivity contribution in [2.45, 2.75) is 13.1 Å². The van der Waals surface area contributed by atoms with E-state index in [1.807, 2.05) is 23.9 Å². The monoisotopic (exact) mass is 347 g/mol. The predicted octanol–water partition coefficient (Wildman–Crippen LogP) is 3.76. The molecule has 21 heavy (non-hydrogen) atoms. The third kappa shape index (κ3) is 2.99. The van der Waals surface area contributed by atoms with Crippen LogP contribution in [0.3, 0.4) is 0 Å². The van der Waals surface area contributed by atoms with Gasteiger partial charge in [-0.15, -0.1) is 0 Å². The Morgan fingerprint density at radius 1 is 1.19 bits per heavy atom. The minimum Gasteiger partial charge on any atom is -0.307 e. The molecular formula is C16H15BrFN3.